The van der Waals surface area contributed by atoms with Crippen LogP contribution in [0, 0.1) is 0 Å². The molecule has 1 aliphatic rings. The third-order valence-corrected chi connectivity index (χ3v) is 8.59. The average Bonchev–Trinajstić information content (AvgIpc) is 2.91. The van der Waals surface area contributed by atoms with E-state index in [1.165, 1.54) is 11.1 Å². The molecular weight excluding hydrogens is 456 g/mol. The summed E-state index contributed by atoms with van der Waals surface area (Å²) in [5.74, 6) is 0.709. The fraction of sp³-hybridized carbons (Fsp3) is 0.241. The summed E-state index contributed by atoms with van der Waals surface area (Å²) in [5.41, 5.74) is 2.43. The SMILES string of the molecule is CCOc1ccc(S(=O)(=O)N2CCN(C(c3ccccc3)c3ccccc3)CC2)c2ccccc12. The van der Waals surface area contributed by atoms with Crippen LogP contribution in [-0.2, 0) is 10.0 Å². The topological polar surface area (TPSA) is 49.9 Å². The monoisotopic (exact) mass is 486 g/mol. The predicted molar refractivity (Wildman–Crippen MR) is 140 cm³/mol. The van der Waals surface area contributed by atoms with Crippen LogP contribution in [0.15, 0.2) is 102 Å². The molecule has 4 aromatic carbocycles. The Kier molecular flexibility index (Phi) is 6.86. The minimum Gasteiger partial charge on any atom is -0.493 e. The van der Waals surface area contributed by atoms with Gasteiger partial charge in [-0.2, -0.15) is 4.31 Å². The van der Waals surface area contributed by atoms with Crippen LogP contribution in [0.2, 0.25) is 0 Å². The van der Waals surface area contributed by atoms with Crippen LogP contribution in [-0.4, -0.2) is 50.4 Å². The summed E-state index contributed by atoms with van der Waals surface area (Å²) in [6.07, 6.45) is 0. The molecule has 4 aromatic rings. The van der Waals surface area contributed by atoms with Crippen molar-refractivity contribution in [3.63, 3.8) is 0 Å². The Balaban J connectivity index is 1.41. The zero-order valence-electron chi connectivity index (χ0n) is 19.9. The summed E-state index contributed by atoms with van der Waals surface area (Å²) < 4.78 is 34.9. The minimum atomic E-state index is -3.65. The van der Waals surface area contributed by atoms with Gasteiger partial charge < -0.3 is 4.74 Å². The van der Waals surface area contributed by atoms with Crippen molar-refractivity contribution in [1.29, 1.82) is 0 Å². The minimum absolute atomic E-state index is 0.0913. The number of hydrogen-bond donors (Lipinski definition) is 0. The van der Waals surface area contributed by atoms with Crippen molar-refractivity contribution >= 4 is 20.8 Å². The second-order valence-corrected chi connectivity index (χ2v) is 10.6. The molecule has 0 bridgehead atoms. The van der Waals surface area contributed by atoms with Gasteiger partial charge in [0.1, 0.15) is 5.75 Å². The molecule has 0 spiro atoms. The van der Waals surface area contributed by atoms with Gasteiger partial charge in [-0.1, -0.05) is 84.9 Å². The zero-order chi connectivity index (χ0) is 24.3. The normalized spacial score (nSPS) is 15.5. The van der Waals surface area contributed by atoms with E-state index in [0.29, 0.717) is 48.8 Å². The highest BCUT2D eigenvalue weighted by atomic mass is 32.2. The van der Waals surface area contributed by atoms with Gasteiger partial charge >= 0.3 is 0 Å². The van der Waals surface area contributed by atoms with E-state index in [-0.39, 0.29) is 6.04 Å². The molecule has 1 aliphatic heterocycles. The Morgan fingerprint density at radius 1 is 0.714 bits per heavy atom. The summed E-state index contributed by atoms with van der Waals surface area (Å²) in [6, 6.07) is 32.0. The Hall–Kier alpha value is -3.19. The van der Waals surface area contributed by atoms with Crippen LogP contribution in [0.25, 0.3) is 10.8 Å². The van der Waals surface area contributed by atoms with E-state index < -0.39 is 10.0 Å². The molecule has 0 N–H and O–H groups in total. The van der Waals surface area contributed by atoms with Crippen LogP contribution < -0.4 is 4.74 Å². The zero-order valence-corrected chi connectivity index (χ0v) is 20.7. The second kappa shape index (κ2) is 10.2. The number of hydrogen-bond acceptors (Lipinski definition) is 4. The first kappa shape index (κ1) is 23.5. The van der Waals surface area contributed by atoms with Crippen molar-refractivity contribution in [2.75, 3.05) is 32.8 Å². The number of nitrogens with zero attached hydrogens (tertiary/aromatic N) is 2. The molecule has 5 rings (SSSR count). The summed E-state index contributed by atoms with van der Waals surface area (Å²) in [7, 11) is -3.65. The van der Waals surface area contributed by atoms with E-state index in [1.54, 1.807) is 16.4 Å². The quantitative estimate of drug-likeness (QED) is 0.354. The molecule has 0 aromatic heterocycles. The molecule has 0 radical (unpaired) electrons. The fourth-order valence-corrected chi connectivity index (χ4v) is 6.59. The number of piperazine rings is 1. The molecule has 0 unspecified atom stereocenters. The van der Waals surface area contributed by atoms with Crippen LogP contribution in [0.5, 0.6) is 5.75 Å². The molecule has 0 atom stereocenters. The maximum absolute atomic E-state index is 13.8. The van der Waals surface area contributed by atoms with Gasteiger partial charge in [0.15, 0.2) is 0 Å². The predicted octanol–water partition coefficient (Wildman–Crippen LogP) is 5.33. The van der Waals surface area contributed by atoms with Crippen molar-refractivity contribution in [3.8, 4) is 5.75 Å². The van der Waals surface area contributed by atoms with Crippen molar-refractivity contribution in [2.45, 2.75) is 17.9 Å². The van der Waals surface area contributed by atoms with Crippen molar-refractivity contribution in [2.24, 2.45) is 0 Å². The highest BCUT2D eigenvalue weighted by Gasteiger charge is 2.33. The standard InChI is InChI=1S/C29H30N2O3S/c1-2-34-27-17-18-28(26-16-10-9-15-25(26)27)35(32,33)31-21-19-30(20-22-31)29(23-11-5-3-6-12-23)24-13-7-4-8-14-24/h3-18,29H,2,19-22H2,1H3. The van der Waals surface area contributed by atoms with Gasteiger partial charge in [-0.3, -0.25) is 4.90 Å². The first-order valence-corrected chi connectivity index (χ1v) is 13.5. The average molecular weight is 487 g/mol. The molecule has 6 heteroatoms. The number of benzene rings is 4. The van der Waals surface area contributed by atoms with E-state index in [1.807, 2.05) is 43.3 Å². The second-order valence-electron chi connectivity index (χ2n) is 8.70. The smallest absolute Gasteiger partial charge is 0.243 e. The largest absolute Gasteiger partial charge is 0.493 e. The molecule has 0 aliphatic carbocycles. The summed E-state index contributed by atoms with van der Waals surface area (Å²) in [5, 5.41) is 1.52. The van der Waals surface area contributed by atoms with Crippen molar-refractivity contribution in [3.05, 3.63) is 108 Å². The van der Waals surface area contributed by atoms with Gasteiger partial charge in [0, 0.05) is 37.0 Å². The van der Waals surface area contributed by atoms with Gasteiger partial charge in [-0.25, -0.2) is 8.42 Å². The Morgan fingerprint density at radius 2 is 1.26 bits per heavy atom. The van der Waals surface area contributed by atoms with E-state index >= 15 is 0 Å². The molecule has 0 amide bonds. The Bertz CT molecular complexity index is 1340. The van der Waals surface area contributed by atoms with Crippen LogP contribution in [0.3, 0.4) is 0 Å². The molecule has 1 heterocycles. The summed E-state index contributed by atoms with van der Waals surface area (Å²) in [4.78, 5) is 2.72. The van der Waals surface area contributed by atoms with Gasteiger partial charge in [-0.05, 0) is 30.2 Å². The Morgan fingerprint density at radius 3 is 1.83 bits per heavy atom. The lowest BCUT2D eigenvalue weighted by atomic mass is 9.96. The molecular formula is C29H30N2O3S. The van der Waals surface area contributed by atoms with E-state index in [9.17, 15) is 8.42 Å². The number of rotatable bonds is 7. The number of sulfonamides is 1. The van der Waals surface area contributed by atoms with E-state index in [0.717, 1.165) is 5.39 Å². The number of ether oxygens (including phenoxy) is 1. The fourth-order valence-electron chi connectivity index (χ4n) is 4.98. The highest BCUT2D eigenvalue weighted by Crippen LogP contribution is 2.34. The molecule has 0 saturated carbocycles. The summed E-state index contributed by atoms with van der Waals surface area (Å²) in [6.45, 7) is 4.66. The van der Waals surface area contributed by atoms with Gasteiger partial charge in [0.2, 0.25) is 10.0 Å². The van der Waals surface area contributed by atoms with Gasteiger partial charge in [0.25, 0.3) is 0 Å². The third-order valence-electron chi connectivity index (χ3n) is 6.63. The van der Waals surface area contributed by atoms with Gasteiger partial charge in [-0.15, -0.1) is 0 Å². The number of fused-ring (bicyclic) bond motifs is 1. The Labute approximate surface area is 207 Å². The highest BCUT2D eigenvalue weighted by molar-refractivity contribution is 7.89. The van der Waals surface area contributed by atoms with E-state index in [4.69, 9.17) is 4.74 Å². The van der Waals surface area contributed by atoms with Crippen LogP contribution in [0.4, 0.5) is 0 Å². The lowest BCUT2D eigenvalue weighted by Gasteiger charge is -2.39. The third kappa shape index (κ3) is 4.69. The van der Waals surface area contributed by atoms with Gasteiger partial charge in [0.05, 0.1) is 17.5 Å². The van der Waals surface area contributed by atoms with Crippen molar-refractivity contribution < 1.29 is 13.2 Å². The lowest BCUT2D eigenvalue weighted by molar-refractivity contribution is 0.156. The van der Waals surface area contributed by atoms with Crippen molar-refractivity contribution in [1.82, 2.24) is 9.21 Å². The molecule has 5 nitrogen and oxygen atoms in total. The van der Waals surface area contributed by atoms with Crippen LogP contribution in [0.1, 0.15) is 24.1 Å². The summed E-state index contributed by atoms with van der Waals surface area (Å²) >= 11 is 0. The molecule has 180 valence electrons. The molecule has 1 fully saturated rings. The first-order valence-electron chi connectivity index (χ1n) is 12.1. The first-order chi connectivity index (χ1) is 17.1. The molecule has 35 heavy (non-hydrogen) atoms. The maximum atomic E-state index is 13.8. The van der Waals surface area contributed by atoms with E-state index in [2.05, 4.69) is 53.4 Å². The maximum Gasteiger partial charge on any atom is 0.243 e. The molecule has 1 saturated heterocycles. The lowest BCUT2D eigenvalue weighted by Crippen LogP contribution is -2.49. The van der Waals surface area contributed by atoms with Crippen LogP contribution >= 0.6 is 0 Å².